The predicted molar refractivity (Wildman–Crippen MR) is 65.7 cm³/mol. The van der Waals surface area contributed by atoms with E-state index in [1.165, 1.54) is 0 Å². The first-order valence-electron chi connectivity index (χ1n) is 5.84. The molecule has 1 aromatic rings. The molecule has 0 aliphatic rings. The molecule has 0 saturated carbocycles. The second-order valence-corrected chi connectivity index (χ2v) is 3.85. The molecular weight excluding hydrogens is 202 g/mol. The largest absolute Gasteiger partial charge is 0.380 e. The van der Waals surface area contributed by atoms with Crippen molar-refractivity contribution in [2.75, 3.05) is 18.5 Å². The van der Waals surface area contributed by atoms with Gasteiger partial charge in [-0.05, 0) is 27.2 Å². The third-order valence-electron chi connectivity index (χ3n) is 2.22. The first-order valence-corrected chi connectivity index (χ1v) is 5.84. The van der Waals surface area contributed by atoms with Crippen molar-refractivity contribution in [1.29, 1.82) is 0 Å². The maximum Gasteiger partial charge on any atom is 0.130 e. The average Bonchev–Trinajstić information content (AvgIpc) is 2.25. The van der Waals surface area contributed by atoms with Crippen molar-refractivity contribution < 1.29 is 4.74 Å². The van der Waals surface area contributed by atoms with E-state index in [-0.39, 0.29) is 6.04 Å². The van der Waals surface area contributed by atoms with Gasteiger partial charge in [-0.2, -0.15) is 0 Å². The standard InChI is InChI=1S/C12H21N3O/c1-5-11-7-12(15-10(4)14-11)13-9(3)8-16-6-2/h7,9H,5-6,8H2,1-4H3,(H,13,14,15). The van der Waals surface area contributed by atoms with Gasteiger partial charge >= 0.3 is 0 Å². The van der Waals surface area contributed by atoms with Gasteiger partial charge in [-0.1, -0.05) is 6.92 Å². The lowest BCUT2D eigenvalue weighted by Crippen LogP contribution is -2.22. The van der Waals surface area contributed by atoms with Crippen molar-refractivity contribution in [2.24, 2.45) is 0 Å². The number of nitrogens with zero attached hydrogens (tertiary/aromatic N) is 2. The number of nitrogens with one attached hydrogen (secondary N) is 1. The second-order valence-electron chi connectivity index (χ2n) is 3.85. The topological polar surface area (TPSA) is 47.0 Å². The van der Waals surface area contributed by atoms with Crippen molar-refractivity contribution in [1.82, 2.24) is 9.97 Å². The van der Waals surface area contributed by atoms with Crippen LogP contribution in [0.15, 0.2) is 6.07 Å². The third-order valence-corrected chi connectivity index (χ3v) is 2.22. The zero-order chi connectivity index (χ0) is 12.0. The molecule has 0 bridgehead atoms. The van der Waals surface area contributed by atoms with Gasteiger partial charge in [0, 0.05) is 24.4 Å². The summed E-state index contributed by atoms with van der Waals surface area (Å²) in [7, 11) is 0. The molecule has 0 aliphatic carbocycles. The van der Waals surface area contributed by atoms with Gasteiger partial charge in [-0.25, -0.2) is 9.97 Å². The molecule has 90 valence electrons. The minimum atomic E-state index is 0.263. The smallest absolute Gasteiger partial charge is 0.130 e. The number of ether oxygens (including phenoxy) is 1. The van der Waals surface area contributed by atoms with Gasteiger partial charge in [0.1, 0.15) is 11.6 Å². The Hall–Kier alpha value is -1.16. The van der Waals surface area contributed by atoms with Gasteiger partial charge in [0.15, 0.2) is 0 Å². The molecule has 0 spiro atoms. The van der Waals surface area contributed by atoms with Gasteiger partial charge in [-0.3, -0.25) is 0 Å². The number of hydrogen-bond acceptors (Lipinski definition) is 4. The SMILES string of the molecule is CCOCC(C)Nc1cc(CC)nc(C)n1. The Morgan fingerprint density at radius 1 is 1.38 bits per heavy atom. The molecule has 1 unspecified atom stereocenters. The van der Waals surface area contributed by atoms with Crippen LogP contribution in [0.5, 0.6) is 0 Å². The second kappa shape index (κ2) is 6.43. The fraction of sp³-hybridized carbons (Fsp3) is 0.667. The summed E-state index contributed by atoms with van der Waals surface area (Å²) in [5.41, 5.74) is 1.07. The Morgan fingerprint density at radius 2 is 2.12 bits per heavy atom. The zero-order valence-electron chi connectivity index (χ0n) is 10.6. The lowest BCUT2D eigenvalue weighted by atomic mass is 10.3. The monoisotopic (exact) mass is 223 g/mol. The lowest BCUT2D eigenvalue weighted by molar-refractivity contribution is 0.141. The van der Waals surface area contributed by atoms with Crippen LogP contribution < -0.4 is 5.32 Å². The quantitative estimate of drug-likeness (QED) is 0.803. The molecule has 1 atom stereocenters. The van der Waals surface area contributed by atoms with E-state index in [1.807, 2.05) is 19.9 Å². The molecule has 1 heterocycles. The molecule has 16 heavy (non-hydrogen) atoms. The molecule has 1 aromatic heterocycles. The highest BCUT2D eigenvalue weighted by Crippen LogP contribution is 2.08. The fourth-order valence-electron chi connectivity index (χ4n) is 1.47. The number of aryl methyl sites for hydroxylation is 2. The van der Waals surface area contributed by atoms with Crippen molar-refractivity contribution in [3.05, 3.63) is 17.6 Å². The van der Waals surface area contributed by atoms with E-state index in [2.05, 4.69) is 29.1 Å². The summed E-state index contributed by atoms with van der Waals surface area (Å²) in [4.78, 5) is 8.69. The van der Waals surface area contributed by atoms with Crippen LogP contribution >= 0.6 is 0 Å². The van der Waals surface area contributed by atoms with Gasteiger partial charge in [0.25, 0.3) is 0 Å². The average molecular weight is 223 g/mol. The predicted octanol–water partition coefficient (Wildman–Crippen LogP) is 2.18. The Morgan fingerprint density at radius 3 is 2.75 bits per heavy atom. The molecule has 0 aromatic carbocycles. The molecule has 1 rings (SSSR count). The third kappa shape index (κ3) is 4.14. The first-order chi connectivity index (χ1) is 7.65. The highest BCUT2D eigenvalue weighted by atomic mass is 16.5. The molecular formula is C12H21N3O. The normalized spacial score (nSPS) is 12.5. The number of hydrogen-bond donors (Lipinski definition) is 1. The minimum absolute atomic E-state index is 0.263. The van der Waals surface area contributed by atoms with E-state index in [4.69, 9.17) is 4.74 Å². The summed E-state index contributed by atoms with van der Waals surface area (Å²) in [6, 6.07) is 2.26. The van der Waals surface area contributed by atoms with E-state index >= 15 is 0 Å². The highest BCUT2D eigenvalue weighted by Gasteiger charge is 2.05. The van der Waals surface area contributed by atoms with Crippen LogP contribution in [0, 0.1) is 6.92 Å². The zero-order valence-corrected chi connectivity index (χ0v) is 10.6. The molecule has 0 amide bonds. The van der Waals surface area contributed by atoms with E-state index in [9.17, 15) is 0 Å². The Labute approximate surface area is 97.5 Å². The number of aromatic nitrogens is 2. The Balaban J connectivity index is 2.61. The Kier molecular flexibility index (Phi) is 5.19. The minimum Gasteiger partial charge on any atom is -0.380 e. The van der Waals surface area contributed by atoms with Crippen LogP contribution in [0.2, 0.25) is 0 Å². The maximum atomic E-state index is 5.35. The molecule has 0 radical (unpaired) electrons. The van der Waals surface area contributed by atoms with Crippen molar-refractivity contribution in [3.8, 4) is 0 Å². The van der Waals surface area contributed by atoms with E-state index in [0.29, 0.717) is 6.61 Å². The van der Waals surface area contributed by atoms with Crippen LogP contribution in [0.4, 0.5) is 5.82 Å². The molecule has 0 aliphatic heterocycles. The van der Waals surface area contributed by atoms with E-state index in [1.54, 1.807) is 0 Å². The first kappa shape index (κ1) is 12.9. The van der Waals surface area contributed by atoms with Crippen LogP contribution in [-0.2, 0) is 11.2 Å². The summed E-state index contributed by atoms with van der Waals surface area (Å²) < 4.78 is 5.35. The maximum absolute atomic E-state index is 5.35. The van der Waals surface area contributed by atoms with Gasteiger partial charge in [0.05, 0.1) is 6.61 Å². The summed E-state index contributed by atoms with van der Waals surface area (Å²) in [6.07, 6.45) is 0.928. The van der Waals surface area contributed by atoms with Crippen molar-refractivity contribution in [2.45, 2.75) is 40.2 Å². The summed E-state index contributed by atoms with van der Waals surface area (Å²) >= 11 is 0. The summed E-state index contributed by atoms with van der Waals surface area (Å²) in [5.74, 6) is 1.70. The van der Waals surface area contributed by atoms with Gasteiger partial charge in [0.2, 0.25) is 0 Å². The van der Waals surface area contributed by atoms with Gasteiger partial charge in [-0.15, -0.1) is 0 Å². The van der Waals surface area contributed by atoms with Gasteiger partial charge < -0.3 is 10.1 Å². The molecule has 1 N–H and O–H groups in total. The van der Waals surface area contributed by atoms with Crippen molar-refractivity contribution >= 4 is 5.82 Å². The van der Waals surface area contributed by atoms with Crippen LogP contribution in [0.1, 0.15) is 32.3 Å². The van der Waals surface area contributed by atoms with E-state index in [0.717, 1.165) is 30.4 Å². The van der Waals surface area contributed by atoms with Crippen molar-refractivity contribution in [3.63, 3.8) is 0 Å². The lowest BCUT2D eigenvalue weighted by Gasteiger charge is -2.15. The molecule has 0 saturated heterocycles. The van der Waals surface area contributed by atoms with Crippen LogP contribution in [-0.4, -0.2) is 29.2 Å². The van der Waals surface area contributed by atoms with E-state index < -0.39 is 0 Å². The fourth-order valence-corrected chi connectivity index (χ4v) is 1.47. The van der Waals surface area contributed by atoms with Crippen LogP contribution in [0.25, 0.3) is 0 Å². The molecule has 4 nitrogen and oxygen atoms in total. The number of anilines is 1. The number of rotatable bonds is 6. The molecule has 4 heteroatoms. The summed E-state index contributed by atoms with van der Waals surface area (Å²) in [5, 5.41) is 3.32. The summed E-state index contributed by atoms with van der Waals surface area (Å²) in [6.45, 7) is 9.53. The Bertz CT molecular complexity index is 328. The molecule has 0 fully saturated rings. The van der Waals surface area contributed by atoms with Crippen LogP contribution in [0.3, 0.4) is 0 Å². The highest BCUT2D eigenvalue weighted by molar-refractivity contribution is 5.37.